The van der Waals surface area contributed by atoms with Crippen molar-refractivity contribution in [3.63, 3.8) is 0 Å². The lowest BCUT2D eigenvalue weighted by atomic mass is 9.82. The lowest BCUT2D eigenvalue weighted by Crippen LogP contribution is -2.49. The molecule has 0 atom stereocenters. The first-order valence-electron chi connectivity index (χ1n) is 5.89. The molecular formula is C10H17BN4O2. The van der Waals surface area contributed by atoms with E-state index in [-0.39, 0.29) is 11.9 Å². The van der Waals surface area contributed by atoms with Crippen molar-refractivity contribution in [1.82, 2.24) is 20.3 Å². The van der Waals surface area contributed by atoms with E-state index in [0.29, 0.717) is 5.69 Å². The number of hydrogen-bond acceptors (Lipinski definition) is 4. The number of carbonyl (C=O) groups excluding carboxylic acids is 1. The molecule has 3 N–H and O–H groups in total. The Labute approximate surface area is 101 Å². The fourth-order valence-electron chi connectivity index (χ4n) is 2.06. The van der Waals surface area contributed by atoms with Crippen molar-refractivity contribution in [2.75, 3.05) is 13.1 Å². The number of amides is 1. The fraction of sp³-hybridized carbons (Fsp3) is 0.600. The Morgan fingerprint density at radius 2 is 2.35 bits per heavy atom. The Balaban J connectivity index is 1.80. The maximum absolute atomic E-state index is 11.7. The van der Waals surface area contributed by atoms with Gasteiger partial charge < -0.3 is 15.2 Å². The molecule has 0 saturated carbocycles. The van der Waals surface area contributed by atoms with Crippen LogP contribution in [0.2, 0.25) is 6.82 Å². The van der Waals surface area contributed by atoms with Crippen LogP contribution in [0.3, 0.4) is 0 Å². The first kappa shape index (κ1) is 12.1. The molecule has 1 fully saturated rings. The smallest absolute Gasteiger partial charge is 0.376 e. The van der Waals surface area contributed by atoms with Crippen LogP contribution in [0, 0.1) is 0 Å². The molecule has 1 saturated heterocycles. The first-order chi connectivity index (χ1) is 8.16. The molecule has 6 nitrogen and oxygen atoms in total. The normalized spacial score (nSPS) is 18.0. The first-order valence-corrected chi connectivity index (χ1v) is 5.89. The van der Waals surface area contributed by atoms with Crippen LogP contribution in [0.1, 0.15) is 23.3 Å². The van der Waals surface area contributed by atoms with Gasteiger partial charge in [-0.1, -0.05) is 0 Å². The number of nitrogens with zero attached hydrogens (tertiary/aromatic N) is 2. The van der Waals surface area contributed by atoms with Gasteiger partial charge in [-0.2, -0.15) is 5.10 Å². The minimum Gasteiger partial charge on any atom is -0.437 e. The number of H-pyrrole nitrogens is 1. The molecule has 0 spiro atoms. The highest BCUT2D eigenvalue weighted by atomic mass is 16.2. The van der Waals surface area contributed by atoms with Crippen LogP contribution >= 0.6 is 0 Å². The van der Waals surface area contributed by atoms with E-state index >= 15 is 0 Å². The Morgan fingerprint density at radius 3 is 2.88 bits per heavy atom. The van der Waals surface area contributed by atoms with Crippen LogP contribution in [0.25, 0.3) is 0 Å². The summed E-state index contributed by atoms with van der Waals surface area (Å²) < 4.78 is 0. The summed E-state index contributed by atoms with van der Waals surface area (Å²) in [5.41, 5.74) is 0.489. The minimum atomic E-state index is -0.403. The number of nitrogens with one attached hydrogen (secondary N) is 2. The molecule has 2 rings (SSSR count). The number of piperidine rings is 1. The maximum atomic E-state index is 11.7. The minimum absolute atomic E-state index is 0.113. The van der Waals surface area contributed by atoms with E-state index in [0.717, 1.165) is 25.9 Å². The molecular weight excluding hydrogens is 219 g/mol. The molecule has 0 radical (unpaired) electrons. The predicted molar refractivity (Wildman–Crippen MR) is 64.5 cm³/mol. The van der Waals surface area contributed by atoms with Gasteiger partial charge in [0.1, 0.15) is 5.69 Å². The SMILES string of the molecule is CB(O)N1CCC(NC(=O)c2ccn[nH]2)CC1. The van der Waals surface area contributed by atoms with Crippen LogP contribution < -0.4 is 5.32 Å². The molecule has 0 unspecified atom stereocenters. The summed E-state index contributed by atoms with van der Waals surface area (Å²) >= 11 is 0. The lowest BCUT2D eigenvalue weighted by molar-refractivity contribution is 0.0917. The molecule has 1 aliphatic rings. The van der Waals surface area contributed by atoms with E-state index in [1.165, 1.54) is 0 Å². The quantitative estimate of drug-likeness (QED) is 0.630. The Kier molecular flexibility index (Phi) is 3.80. The van der Waals surface area contributed by atoms with Gasteiger partial charge in [-0.25, -0.2) is 0 Å². The van der Waals surface area contributed by atoms with Gasteiger partial charge >= 0.3 is 7.05 Å². The summed E-state index contributed by atoms with van der Waals surface area (Å²) in [7, 11) is -0.403. The standard InChI is InChI=1S/C10H17BN4O2/c1-11(17)15-6-3-8(4-7-15)13-10(16)9-2-5-12-14-9/h2,5,8,17H,3-4,6-7H2,1H3,(H,12,14)(H,13,16). The molecule has 1 aromatic heterocycles. The van der Waals surface area contributed by atoms with Gasteiger partial charge in [0.15, 0.2) is 0 Å². The zero-order chi connectivity index (χ0) is 12.3. The third-order valence-corrected chi connectivity index (χ3v) is 3.14. The average Bonchev–Trinajstić information content (AvgIpc) is 2.83. The molecule has 7 heteroatoms. The zero-order valence-electron chi connectivity index (χ0n) is 9.89. The summed E-state index contributed by atoms with van der Waals surface area (Å²) in [5.74, 6) is -0.113. The number of carbonyl (C=O) groups is 1. The Morgan fingerprint density at radius 1 is 1.65 bits per heavy atom. The highest BCUT2D eigenvalue weighted by Gasteiger charge is 2.25. The average molecular weight is 236 g/mol. The van der Waals surface area contributed by atoms with Gasteiger partial charge in [0.2, 0.25) is 0 Å². The van der Waals surface area contributed by atoms with Crippen molar-refractivity contribution < 1.29 is 9.82 Å². The van der Waals surface area contributed by atoms with Gasteiger partial charge in [0.05, 0.1) is 0 Å². The zero-order valence-corrected chi connectivity index (χ0v) is 9.89. The van der Waals surface area contributed by atoms with E-state index in [1.807, 2.05) is 4.81 Å². The van der Waals surface area contributed by atoms with E-state index in [1.54, 1.807) is 19.1 Å². The third-order valence-electron chi connectivity index (χ3n) is 3.14. The van der Waals surface area contributed by atoms with Crippen LogP contribution in [0.4, 0.5) is 0 Å². The summed E-state index contributed by atoms with van der Waals surface area (Å²) in [4.78, 5) is 13.7. The third kappa shape index (κ3) is 3.07. The highest BCUT2D eigenvalue weighted by molar-refractivity contribution is 6.45. The topological polar surface area (TPSA) is 81.2 Å². The number of aromatic amines is 1. The van der Waals surface area contributed by atoms with Gasteiger partial charge in [0.25, 0.3) is 5.91 Å². The largest absolute Gasteiger partial charge is 0.437 e. The van der Waals surface area contributed by atoms with E-state index in [9.17, 15) is 9.82 Å². The summed E-state index contributed by atoms with van der Waals surface area (Å²) in [6, 6.07) is 1.83. The van der Waals surface area contributed by atoms with E-state index in [4.69, 9.17) is 0 Å². The molecule has 0 bridgehead atoms. The highest BCUT2D eigenvalue weighted by Crippen LogP contribution is 2.11. The monoisotopic (exact) mass is 236 g/mol. The molecule has 17 heavy (non-hydrogen) atoms. The van der Waals surface area contributed by atoms with Gasteiger partial charge in [-0.15, -0.1) is 0 Å². The van der Waals surface area contributed by atoms with Crippen LogP contribution in [-0.2, 0) is 0 Å². The van der Waals surface area contributed by atoms with Gasteiger partial charge in [0, 0.05) is 12.2 Å². The van der Waals surface area contributed by atoms with Crippen LogP contribution in [0.15, 0.2) is 12.3 Å². The maximum Gasteiger partial charge on any atom is 0.376 e. The summed E-state index contributed by atoms with van der Waals surface area (Å²) in [6.07, 6.45) is 3.29. The fourth-order valence-corrected chi connectivity index (χ4v) is 2.06. The Bertz CT molecular complexity index is 360. The van der Waals surface area contributed by atoms with Crippen molar-refractivity contribution >= 4 is 13.0 Å². The van der Waals surface area contributed by atoms with Crippen LogP contribution in [0.5, 0.6) is 0 Å². The predicted octanol–water partition coefficient (Wildman–Crippen LogP) is -0.286. The molecule has 1 amide bonds. The van der Waals surface area contributed by atoms with Gasteiger partial charge in [-0.05, 0) is 38.8 Å². The number of rotatable bonds is 3. The Hall–Kier alpha value is -1.34. The second-order valence-electron chi connectivity index (χ2n) is 4.39. The lowest BCUT2D eigenvalue weighted by Gasteiger charge is -2.32. The molecule has 1 aliphatic heterocycles. The second-order valence-corrected chi connectivity index (χ2v) is 4.39. The summed E-state index contributed by atoms with van der Waals surface area (Å²) in [6.45, 7) is 3.39. The van der Waals surface area contributed by atoms with Crippen molar-refractivity contribution in [3.05, 3.63) is 18.0 Å². The molecule has 1 aromatic rings. The van der Waals surface area contributed by atoms with E-state index < -0.39 is 7.05 Å². The molecule has 92 valence electrons. The molecule has 2 heterocycles. The van der Waals surface area contributed by atoms with Crippen molar-refractivity contribution in [2.45, 2.75) is 25.7 Å². The van der Waals surface area contributed by atoms with Gasteiger partial charge in [-0.3, -0.25) is 9.89 Å². The summed E-state index contributed by atoms with van der Waals surface area (Å²) in [5, 5.41) is 18.8. The van der Waals surface area contributed by atoms with Crippen molar-refractivity contribution in [1.29, 1.82) is 0 Å². The molecule has 0 aliphatic carbocycles. The number of hydrogen-bond donors (Lipinski definition) is 3. The molecule has 0 aromatic carbocycles. The second kappa shape index (κ2) is 5.33. The van der Waals surface area contributed by atoms with Crippen LogP contribution in [-0.4, -0.2) is 52.1 Å². The van der Waals surface area contributed by atoms with E-state index in [2.05, 4.69) is 15.5 Å². The van der Waals surface area contributed by atoms with Crippen molar-refractivity contribution in [3.8, 4) is 0 Å². The van der Waals surface area contributed by atoms with Crippen molar-refractivity contribution in [2.24, 2.45) is 0 Å². The number of aromatic nitrogens is 2.